The van der Waals surface area contributed by atoms with Gasteiger partial charge >= 0.3 is 5.97 Å². The van der Waals surface area contributed by atoms with Crippen LogP contribution in [0.15, 0.2) is 24.3 Å². The van der Waals surface area contributed by atoms with Crippen molar-refractivity contribution in [2.45, 2.75) is 32.4 Å². The van der Waals surface area contributed by atoms with Crippen molar-refractivity contribution in [2.75, 3.05) is 19.7 Å². The van der Waals surface area contributed by atoms with E-state index in [2.05, 4.69) is 43.0 Å². The molecule has 1 aromatic rings. The van der Waals surface area contributed by atoms with Gasteiger partial charge in [-0.25, -0.2) is 0 Å². The topological polar surface area (TPSA) is 49.8 Å². The summed E-state index contributed by atoms with van der Waals surface area (Å²) in [7, 11) is 0. The molecule has 0 saturated carbocycles. The first kappa shape index (κ1) is 14.0. The first-order chi connectivity index (χ1) is 9.06. The first-order valence-electron chi connectivity index (χ1n) is 6.70. The summed E-state index contributed by atoms with van der Waals surface area (Å²) in [6, 6.07) is 8.80. The predicted molar refractivity (Wildman–Crippen MR) is 73.2 cm³/mol. The van der Waals surface area contributed by atoms with Gasteiger partial charge in [0, 0.05) is 19.1 Å². The minimum atomic E-state index is -0.796. The molecule has 19 heavy (non-hydrogen) atoms. The summed E-state index contributed by atoms with van der Waals surface area (Å²) < 4.78 is 5.50. The lowest BCUT2D eigenvalue weighted by molar-refractivity contribution is -0.142. The number of benzene rings is 1. The summed E-state index contributed by atoms with van der Waals surface area (Å²) >= 11 is 0. The molecule has 0 aromatic heterocycles. The van der Waals surface area contributed by atoms with Crippen LogP contribution in [-0.2, 0) is 9.53 Å². The molecule has 2 unspecified atom stereocenters. The molecular weight excluding hydrogens is 242 g/mol. The molecule has 1 saturated heterocycles. The standard InChI is InChI=1S/C15H21NO3/c1-11-3-5-13(6-4-11)12(2)16-7-8-19-14(10-16)9-15(17)18/h3-6,12,14H,7-10H2,1-2H3,(H,17,18). The molecule has 4 heteroatoms. The predicted octanol–water partition coefficient (Wildman–Crippen LogP) is 2.23. The lowest BCUT2D eigenvalue weighted by atomic mass is 10.0. The summed E-state index contributed by atoms with van der Waals surface area (Å²) in [4.78, 5) is 13.0. The molecule has 4 nitrogen and oxygen atoms in total. The van der Waals surface area contributed by atoms with Gasteiger partial charge in [0.15, 0.2) is 0 Å². The van der Waals surface area contributed by atoms with Crippen LogP contribution in [-0.4, -0.2) is 41.8 Å². The number of aryl methyl sites for hydroxylation is 1. The van der Waals surface area contributed by atoms with Crippen molar-refractivity contribution >= 4 is 5.97 Å². The molecule has 104 valence electrons. The zero-order valence-corrected chi connectivity index (χ0v) is 11.5. The third-order valence-corrected chi connectivity index (χ3v) is 3.68. The van der Waals surface area contributed by atoms with Crippen molar-refractivity contribution in [1.82, 2.24) is 4.90 Å². The first-order valence-corrected chi connectivity index (χ1v) is 6.70. The molecule has 1 heterocycles. The van der Waals surface area contributed by atoms with Gasteiger partial charge in [-0.1, -0.05) is 29.8 Å². The van der Waals surface area contributed by atoms with Crippen molar-refractivity contribution in [2.24, 2.45) is 0 Å². The highest BCUT2D eigenvalue weighted by atomic mass is 16.5. The van der Waals surface area contributed by atoms with E-state index in [1.165, 1.54) is 11.1 Å². The smallest absolute Gasteiger partial charge is 0.306 e. The Kier molecular flexibility index (Phi) is 4.56. The Hall–Kier alpha value is -1.39. The number of carbonyl (C=O) groups is 1. The summed E-state index contributed by atoms with van der Waals surface area (Å²) in [6.45, 7) is 6.38. The maximum absolute atomic E-state index is 10.8. The van der Waals surface area contributed by atoms with E-state index in [0.29, 0.717) is 19.2 Å². The number of carboxylic acids is 1. The second kappa shape index (κ2) is 6.17. The number of morpholine rings is 1. The van der Waals surface area contributed by atoms with E-state index in [1.807, 2.05) is 0 Å². The van der Waals surface area contributed by atoms with E-state index in [-0.39, 0.29) is 12.5 Å². The number of aliphatic carboxylic acids is 1. The van der Waals surface area contributed by atoms with Gasteiger partial charge in [0.05, 0.1) is 19.1 Å². The highest BCUT2D eigenvalue weighted by Gasteiger charge is 2.26. The molecule has 1 aliphatic rings. The number of carboxylic acid groups (broad SMARTS) is 1. The monoisotopic (exact) mass is 263 g/mol. The van der Waals surface area contributed by atoms with Gasteiger partial charge in [-0.2, -0.15) is 0 Å². The van der Waals surface area contributed by atoms with E-state index < -0.39 is 5.97 Å². The highest BCUT2D eigenvalue weighted by Crippen LogP contribution is 2.23. The number of rotatable bonds is 4. The van der Waals surface area contributed by atoms with Crippen LogP contribution >= 0.6 is 0 Å². The van der Waals surface area contributed by atoms with Crippen molar-refractivity contribution in [3.8, 4) is 0 Å². The molecule has 2 atom stereocenters. The largest absolute Gasteiger partial charge is 0.481 e. The van der Waals surface area contributed by atoms with Crippen LogP contribution in [0.2, 0.25) is 0 Å². The molecule has 0 amide bonds. The Morgan fingerprint density at radius 3 is 2.79 bits per heavy atom. The number of ether oxygens (including phenoxy) is 1. The SMILES string of the molecule is Cc1ccc(C(C)N2CCOC(CC(=O)O)C2)cc1. The molecule has 0 bridgehead atoms. The summed E-state index contributed by atoms with van der Waals surface area (Å²) in [5.74, 6) is -0.796. The van der Waals surface area contributed by atoms with Crippen LogP contribution in [0.25, 0.3) is 0 Å². The third kappa shape index (κ3) is 3.78. The molecule has 1 fully saturated rings. The van der Waals surface area contributed by atoms with Crippen LogP contribution < -0.4 is 0 Å². The van der Waals surface area contributed by atoms with Gasteiger partial charge in [-0.05, 0) is 19.4 Å². The Labute approximate surface area is 114 Å². The molecule has 1 aliphatic heterocycles. The van der Waals surface area contributed by atoms with Gasteiger partial charge in [-0.3, -0.25) is 9.69 Å². The van der Waals surface area contributed by atoms with Crippen molar-refractivity contribution in [1.29, 1.82) is 0 Å². The molecular formula is C15H21NO3. The molecule has 0 spiro atoms. The molecule has 0 radical (unpaired) electrons. The van der Waals surface area contributed by atoms with Gasteiger partial charge in [-0.15, -0.1) is 0 Å². The zero-order chi connectivity index (χ0) is 13.8. The van der Waals surface area contributed by atoms with E-state index >= 15 is 0 Å². The summed E-state index contributed by atoms with van der Waals surface area (Å²) in [5.41, 5.74) is 2.52. The highest BCUT2D eigenvalue weighted by molar-refractivity contribution is 5.67. The lowest BCUT2D eigenvalue weighted by Gasteiger charge is -2.36. The van der Waals surface area contributed by atoms with Crippen molar-refractivity contribution < 1.29 is 14.6 Å². The minimum Gasteiger partial charge on any atom is -0.481 e. The van der Waals surface area contributed by atoms with Crippen molar-refractivity contribution in [3.63, 3.8) is 0 Å². The van der Waals surface area contributed by atoms with Gasteiger partial charge in [0.2, 0.25) is 0 Å². The maximum atomic E-state index is 10.8. The van der Waals surface area contributed by atoms with Crippen LogP contribution in [0.3, 0.4) is 0 Å². The Balaban J connectivity index is 2.00. The van der Waals surface area contributed by atoms with E-state index in [0.717, 1.165) is 6.54 Å². The van der Waals surface area contributed by atoms with Crippen LogP contribution in [0.5, 0.6) is 0 Å². The number of hydrogen-bond acceptors (Lipinski definition) is 3. The molecule has 1 N–H and O–H groups in total. The average Bonchev–Trinajstić information content (AvgIpc) is 2.38. The third-order valence-electron chi connectivity index (χ3n) is 3.68. The van der Waals surface area contributed by atoms with E-state index in [9.17, 15) is 4.79 Å². The fourth-order valence-corrected chi connectivity index (χ4v) is 2.47. The maximum Gasteiger partial charge on any atom is 0.306 e. The average molecular weight is 263 g/mol. The van der Waals surface area contributed by atoms with Crippen LogP contribution in [0.4, 0.5) is 0 Å². The lowest BCUT2D eigenvalue weighted by Crippen LogP contribution is -2.44. The summed E-state index contributed by atoms with van der Waals surface area (Å²) in [5, 5.41) is 8.84. The Morgan fingerprint density at radius 2 is 2.16 bits per heavy atom. The normalized spacial score (nSPS) is 22.1. The molecule has 0 aliphatic carbocycles. The van der Waals surface area contributed by atoms with Crippen molar-refractivity contribution in [3.05, 3.63) is 35.4 Å². The Bertz CT molecular complexity index is 430. The summed E-state index contributed by atoms with van der Waals surface area (Å²) in [6.07, 6.45) is -0.115. The second-order valence-corrected chi connectivity index (χ2v) is 5.17. The van der Waals surface area contributed by atoms with Gasteiger partial charge < -0.3 is 9.84 Å². The van der Waals surface area contributed by atoms with E-state index in [1.54, 1.807) is 0 Å². The van der Waals surface area contributed by atoms with E-state index in [4.69, 9.17) is 9.84 Å². The van der Waals surface area contributed by atoms with Gasteiger partial charge in [0.1, 0.15) is 0 Å². The second-order valence-electron chi connectivity index (χ2n) is 5.17. The fourth-order valence-electron chi connectivity index (χ4n) is 2.47. The number of nitrogens with zero attached hydrogens (tertiary/aromatic N) is 1. The minimum absolute atomic E-state index is 0.0805. The van der Waals surface area contributed by atoms with Gasteiger partial charge in [0.25, 0.3) is 0 Å². The van der Waals surface area contributed by atoms with Crippen LogP contribution in [0.1, 0.15) is 30.5 Å². The molecule has 2 rings (SSSR count). The Morgan fingerprint density at radius 1 is 1.47 bits per heavy atom. The quantitative estimate of drug-likeness (QED) is 0.905. The molecule has 1 aromatic carbocycles. The number of hydrogen-bond donors (Lipinski definition) is 1. The fraction of sp³-hybridized carbons (Fsp3) is 0.533. The zero-order valence-electron chi connectivity index (χ0n) is 11.5. The van der Waals surface area contributed by atoms with Crippen LogP contribution in [0, 0.1) is 6.92 Å².